The van der Waals surface area contributed by atoms with Gasteiger partial charge in [-0.05, 0) is 86.4 Å². The first-order valence-corrected chi connectivity index (χ1v) is 25.6. The SMILES string of the molecule is CC1CCCCC1.CN.COc1ccc(C(=O)N2CCC(CCC3CCN(C=O)CC3)CC2)cc1N1CCC(=O)NC1=O.COc1ccc(C=O)c(-c2c(Cl)c(F)cc3c2[C@H](C)C(c2ccccc2)O3)c1F. The predicted octanol–water partition coefficient (Wildman–Crippen LogP) is 11.1. The average molecular weight is 1010 g/mol. The number of methoxy groups -OCH3 is 2. The van der Waals surface area contributed by atoms with E-state index in [0.29, 0.717) is 40.7 Å². The molecule has 5 aliphatic rings. The molecular weight excluding hydrogens is 944 g/mol. The van der Waals surface area contributed by atoms with E-state index in [-0.39, 0.29) is 63.9 Å². The van der Waals surface area contributed by atoms with Crippen LogP contribution in [0.4, 0.5) is 19.3 Å². The third-order valence-corrected chi connectivity index (χ3v) is 15.0. The maximum absolute atomic E-state index is 15.2. The molecule has 9 rings (SSSR count). The van der Waals surface area contributed by atoms with Gasteiger partial charge in [-0.3, -0.25) is 29.4 Å². The van der Waals surface area contributed by atoms with Crippen LogP contribution in [0.5, 0.6) is 17.2 Å². The van der Waals surface area contributed by atoms with Crippen molar-refractivity contribution in [2.24, 2.45) is 23.5 Å². The Balaban J connectivity index is 0.000000202. The van der Waals surface area contributed by atoms with Crippen molar-refractivity contribution >= 4 is 47.8 Å². The van der Waals surface area contributed by atoms with Crippen LogP contribution in [0, 0.1) is 29.4 Å². The van der Waals surface area contributed by atoms with Gasteiger partial charge in [-0.15, -0.1) is 0 Å². The monoisotopic (exact) mass is 1010 g/mol. The molecule has 1 aliphatic carbocycles. The molecule has 16 heteroatoms. The molecule has 4 aliphatic heterocycles. The van der Waals surface area contributed by atoms with E-state index < -0.39 is 23.8 Å². The zero-order chi connectivity index (χ0) is 51.9. The summed E-state index contributed by atoms with van der Waals surface area (Å²) in [5.41, 5.74) is 7.04. The molecule has 0 radical (unpaired) electrons. The van der Waals surface area contributed by atoms with E-state index in [0.717, 1.165) is 69.8 Å². The van der Waals surface area contributed by atoms with Crippen molar-refractivity contribution < 1.29 is 47.0 Å². The Morgan fingerprint density at radius 1 is 0.806 bits per heavy atom. The quantitative estimate of drug-likeness (QED) is 0.139. The van der Waals surface area contributed by atoms with E-state index in [9.17, 15) is 28.4 Å². The molecule has 3 saturated heterocycles. The number of ether oxygens (including phenoxy) is 3. The number of hydrogen-bond donors (Lipinski definition) is 2. The number of rotatable bonds is 11. The third-order valence-electron chi connectivity index (χ3n) is 14.6. The molecule has 72 heavy (non-hydrogen) atoms. The van der Waals surface area contributed by atoms with Gasteiger partial charge in [-0.2, -0.15) is 0 Å². The van der Waals surface area contributed by atoms with Gasteiger partial charge in [0.1, 0.15) is 23.4 Å². The van der Waals surface area contributed by atoms with Crippen LogP contribution in [0.1, 0.15) is 135 Å². The van der Waals surface area contributed by atoms with E-state index in [4.69, 9.17) is 25.8 Å². The number of piperidine rings is 2. The summed E-state index contributed by atoms with van der Waals surface area (Å²) in [7, 11) is 4.33. The molecule has 2 atom stereocenters. The van der Waals surface area contributed by atoms with Crippen molar-refractivity contribution in [3.63, 3.8) is 0 Å². The molecular formula is C56H70ClF2N5O8. The molecule has 4 aromatic rings. The lowest BCUT2D eigenvalue weighted by Crippen LogP contribution is -2.49. The van der Waals surface area contributed by atoms with Crippen LogP contribution < -0.4 is 30.2 Å². The summed E-state index contributed by atoms with van der Waals surface area (Å²) in [4.78, 5) is 64.8. The predicted molar refractivity (Wildman–Crippen MR) is 276 cm³/mol. The molecule has 0 spiro atoms. The van der Waals surface area contributed by atoms with Gasteiger partial charge in [0.25, 0.3) is 5.91 Å². The minimum Gasteiger partial charge on any atom is -0.495 e. The van der Waals surface area contributed by atoms with Crippen LogP contribution in [0.25, 0.3) is 11.1 Å². The van der Waals surface area contributed by atoms with Crippen LogP contribution in [0.3, 0.4) is 0 Å². The molecule has 3 N–H and O–H groups in total. The molecule has 1 saturated carbocycles. The second-order valence-corrected chi connectivity index (χ2v) is 19.5. The molecule has 4 aromatic carbocycles. The first-order valence-electron chi connectivity index (χ1n) is 25.3. The first-order chi connectivity index (χ1) is 34.8. The molecule has 0 aromatic heterocycles. The fraction of sp³-hybridized carbons (Fsp3) is 0.482. The van der Waals surface area contributed by atoms with Crippen LogP contribution in [-0.4, -0.2) is 94.3 Å². The number of amides is 5. The molecule has 0 bridgehead atoms. The summed E-state index contributed by atoms with van der Waals surface area (Å²) in [6, 6.07) is 18.1. The van der Waals surface area contributed by atoms with Crippen molar-refractivity contribution in [2.75, 3.05) is 58.9 Å². The zero-order valence-electron chi connectivity index (χ0n) is 42.2. The number of likely N-dealkylation sites (tertiary alicyclic amines) is 2. The number of halogens is 3. The Bertz CT molecular complexity index is 2490. The number of fused-ring (bicyclic) bond motifs is 1. The number of carbonyl (C=O) groups excluding carboxylic acids is 5. The molecule has 5 amide bonds. The number of nitrogens with one attached hydrogen (secondary N) is 1. The van der Waals surface area contributed by atoms with E-state index >= 15 is 4.39 Å². The maximum Gasteiger partial charge on any atom is 0.328 e. The van der Waals surface area contributed by atoms with Crippen LogP contribution in [0.15, 0.2) is 66.7 Å². The van der Waals surface area contributed by atoms with Crippen LogP contribution >= 0.6 is 11.6 Å². The van der Waals surface area contributed by atoms with Crippen molar-refractivity contribution in [2.45, 2.75) is 103 Å². The van der Waals surface area contributed by atoms with Crippen LogP contribution in [0.2, 0.25) is 5.02 Å². The van der Waals surface area contributed by atoms with E-state index in [1.165, 1.54) is 89.3 Å². The summed E-state index contributed by atoms with van der Waals surface area (Å²) >= 11 is 6.31. The number of urea groups is 1. The Hall–Kier alpha value is -6.06. The fourth-order valence-corrected chi connectivity index (χ4v) is 10.7. The number of imide groups is 1. The number of anilines is 1. The fourth-order valence-electron chi connectivity index (χ4n) is 10.4. The molecule has 388 valence electrons. The standard InChI is InChI=1S/C25H34N4O5.C23H17ClF2O3.C7H14.CH5N/c1-34-22-5-4-20(16-21(22)29-15-10-23(31)26-25(29)33)24(32)28-13-8-19(9-14-28)3-2-18-6-11-27(17-30)12-7-18;1-12-18-17(29-23(12)13-6-4-3-5-7-13)10-15(25)21(24)20(18)19-14(11-27)8-9-16(28-2)22(19)26;1-7-5-3-2-4-6-7;1-2/h4-5,16-19H,2-3,6-15H2,1H3,(H,26,31,33);3-12,23H,1-2H3;7H,2-6H2,1H3;2H2,1H3/t;12-,23?;;/m.0../s1. The van der Waals surface area contributed by atoms with Crippen molar-refractivity contribution in [1.82, 2.24) is 15.1 Å². The van der Waals surface area contributed by atoms with Gasteiger partial charge in [-0.25, -0.2) is 13.6 Å². The first kappa shape index (κ1) is 55.3. The average Bonchev–Trinajstić information content (AvgIpc) is 3.74. The van der Waals surface area contributed by atoms with E-state index in [1.807, 2.05) is 47.1 Å². The Labute approximate surface area is 427 Å². The number of benzene rings is 4. The largest absolute Gasteiger partial charge is 0.495 e. The van der Waals surface area contributed by atoms with Crippen molar-refractivity contribution in [3.8, 4) is 28.4 Å². The van der Waals surface area contributed by atoms with Gasteiger partial charge < -0.3 is 29.7 Å². The minimum absolute atomic E-state index is 0.0444. The maximum atomic E-state index is 15.2. The van der Waals surface area contributed by atoms with E-state index in [2.05, 4.69) is 18.0 Å². The summed E-state index contributed by atoms with van der Waals surface area (Å²) in [6.07, 6.45) is 15.3. The zero-order valence-corrected chi connectivity index (χ0v) is 43.0. The smallest absolute Gasteiger partial charge is 0.328 e. The van der Waals surface area contributed by atoms with Gasteiger partial charge in [-0.1, -0.05) is 101 Å². The minimum atomic E-state index is -0.776. The number of hydrogen-bond acceptors (Lipinski definition) is 9. The lowest BCUT2D eigenvalue weighted by atomic mass is 9.85. The number of nitrogens with zero attached hydrogens (tertiary/aromatic N) is 3. The highest BCUT2D eigenvalue weighted by atomic mass is 35.5. The molecule has 4 fully saturated rings. The second kappa shape index (κ2) is 26.6. The Morgan fingerprint density at radius 3 is 2.00 bits per heavy atom. The third kappa shape index (κ3) is 13.3. The van der Waals surface area contributed by atoms with Gasteiger partial charge in [0, 0.05) is 78.9 Å². The number of carbonyl (C=O) groups is 5. The Kier molecular flexibility index (Phi) is 20.4. The summed E-state index contributed by atoms with van der Waals surface area (Å²) < 4.78 is 46.4. The van der Waals surface area contributed by atoms with Gasteiger partial charge in [0.15, 0.2) is 17.9 Å². The lowest BCUT2D eigenvalue weighted by molar-refractivity contribution is -0.120. The van der Waals surface area contributed by atoms with Gasteiger partial charge in [0.2, 0.25) is 12.3 Å². The highest BCUT2D eigenvalue weighted by Gasteiger charge is 2.38. The lowest BCUT2D eigenvalue weighted by Gasteiger charge is -2.34. The number of nitrogens with two attached hydrogens (primary N) is 1. The van der Waals surface area contributed by atoms with Crippen molar-refractivity contribution in [1.29, 1.82) is 0 Å². The van der Waals surface area contributed by atoms with Crippen molar-refractivity contribution in [3.05, 3.63) is 106 Å². The highest BCUT2D eigenvalue weighted by Crippen LogP contribution is 2.54. The number of aldehydes is 1. The summed E-state index contributed by atoms with van der Waals surface area (Å²) in [6.45, 7) is 7.72. The molecule has 13 nitrogen and oxygen atoms in total. The Morgan fingerprint density at radius 2 is 1.43 bits per heavy atom. The molecule has 4 heterocycles. The highest BCUT2D eigenvalue weighted by molar-refractivity contribution is 6.34. The summed E-state index contributed by atoms with van der Waals surface area (Å²) in [5, 5.41) is 2.06. The second-order valence-electron chi connectivity index (χ2n) is 19.1. The topological polar surface area (TPSA) is 161 Å². The van der Waals surface area contributed by atoms with E-state index in [1.54, 1.807) is 18.2 Å². The molecule has 1 unspecified atom stereocenters. The van der Waals surface area contributed by atoms with Gasteiger partial charge >= 0.3 is 6.03 Å². The van der Waals surface area contributed by atoms with Crippen LogP contribution in [-0.2, 0) is 9.59 Å². The van der Waals surface area contributed by atoms with Gasteiger partial charge in [0.05, 0.1) is 24.9 Å². The summed E-state index contributed by atoms with van der Waals surface area (Å²) in [5.74, 6) is 0.942. The normalized spacial score (nSPS) is 19.2.